The van der Waals surface area contributed by atoms with Gasteiger partial charge < -0.3 is 15.4 Å². The second-order valence-corrected chi connectivity index (χ2v) is 8.26. The maximum absolute atomic E-state index is 13.1. The second-order valence-electron chi connectivity index (χ2n) is 8.26. The van der Waals surface area contributed by atoms with E-state index in [9.17, 15) is 14.4 Å². The Balaban J connectivity index is 1.73. The lowest BCUT2D eigenvalue weighted by Crippen LogP contribution is -2.34. The molecule has 3 rings (SSSR count). The average molecular weight is 451 g/mol. The number of nitrogens with one attached hydrogen (secondary N) is 2. The van der Waals surface area contributed by atoms with Crippen LogP contribution in [0, 0.1) is 5.92 Å². The largest absolute Gasteiger partial charge is 0.497 e. The summed E-state index contributed by atoms with van der Waals surface area (Å²) in [6, 6.07) is 14.6. The first-order chi connectivity index (χ1) is 15.9. The van der Waals surface area contributed by atoms with Crippen LogP contribution in [-0.2, 0) is 29.1 Å². The van der Waals surface area contributed by atoms with Crippen LogP contribution >= 0.6 is 0 Å². The third-order valence-corrected chi connectivity index (χ3v) is 5.17. The lowest BCUT2D eigenvalue weighted by Gasteiger charge is -2.13. The highest BCUT2D eigenvalue weighted by Crippen LogP contribution is 2.12. The van der Waals surface area contributed by atoms with Gasteiger partial charge in [0.1, 0.15) is 18.0 Å². The number of carbonyl (C=O) groups is 2. The van der Waals surface area contributed by atoms with Crippen LogP contribution in [0.1, 0.15) is 31.5 Å². The average Bonchev–Trinajstić information content (AvgIpc) is 2.82. The van der Waals surface area contributed by atoms with Gasteiger partial charge in [0, 0.05) is 25.9 Å². The minimum absolute atomic E-state index is 0.123. The molecule has 1 aromatic heterocycles. The van der Waals surface area contributed by atoms with E-state index in [1.807, 2.05) is 44.2 Å². The van der Waals surface area contributed by atoms with Gasteiger partial charge in [-0.3, -0.25) is 19.0 Å². The first-order valence-electron chi connectivity index (χ1n) is 11.0. The molecule has 0 radical (unpaired) electrons. The molecule has 8 heteroatoms. The first-order valence-corrected chi connectivity index (χ1v) is 11.0. The smallest absolute Gasteiger partial charge is 0.273 e. The number of hydrogen-bond acceptors (Lipinski definition) is 5. The van der Waals surface area contributed by atoms with Crippen molar-refractivity contribution in [1.29, 1.82) is 0 Å². The van der Waals surface area contributed by atoms with Gasteiger partial charge in [-0.25, -0.2) is 4.98 Å². The Morgan fingerprint density at radius 1 is 1.03 bits per heavy atom. The number of benzene rings is 2. The van der Waals surface area contributed by atoms with E-state index in [-0.39, 0.29) is 42.5 Å². The standard InChI is InChI=1S/C25H30N4O4/c1-17(2)14-26-23(30)13-12-21-25(32)29(22-7-5-4-6-20(22)28-21)16-24(31)27-15-18-8-10-19(33-3)11-9-18/h4-11,17H,12-16H2,1-3H3,(H,26,30)(H,27,31). The number of rotatable bonds is 10. The van der Waals surface area contributed by atoms with Gasteiger partial charge >= 0.3 is 0 Å². The predicted molar refractivity (Wildman–Crippen MR) is 127 cm³/mol. The molecule has 0 unspecified atom stereocenters. The molecule has 0 spiro atoms. The van der Waals surface area contributed by atoms with Crippen molar-refractivity contribution in [3.63, 3.8) is 0 Å². The van der Waals surface area contributed by atoms with Gasteiger partial charge in [0.15, 0.2) is 0 Å². The molecule has 174 valence electrons. The summed E-state index contributed by atoms with van der Waals surface area (Å²) in [6.07, 6.45) is 0.373. The highest BCUT2D eigenvalue weighted by Gasteiger charge is 2.15. The van der Waals surface area contributed by atoms with Crippen molar-refractivity contribution in [2.75, 3.05) is 13.7 Å². The molecule has 0 aliphatic carbocycles. The van der Waals surface area contributed by atoms with Gasteiger partial charge in [-0.2, -0.15) is 0 Å². The molecule has 0 aliphatic rings. The number of nitrogens with zero attached hydrogens (tertiary/aromatic N) is 2. The molecule has 0 atom stereocenters. The van der Waals surface area contributed by atoms with E-state index >= 15 is 0 Å². The summed E-state index contributed by atoms with van der Waals surface area (Å²) in [5.74, 6) is 0.679. The summed E-state index contributed by atoms with van der Waals surface area (Å²) in [6.45, 7) is 4.82. The van der Waals surface area contributed by atoms with E-state index in [0.717, 1.165) is 11.3 Å². The highest BCUT2D eigenvalue weighted by molar-refractivity contribution is 5.80. The van der Waals surface area contributed by atoms with E-state index in [2.05, 4.69) is 15.6 Å². The zero-order valence-corrected chi connectivity index (χ0v) is 19.3. The molecule has 2 amide bonds. The predicted octanol–water partition coefficient (Wildman–Crippen LogP) is 2.43. The van der Waals surface area contributed by atoms with Gasteiger partial charge in [0.25, 0.3) is 5.56 Å². The molecule has 0 bridgehead atoms. The molecular weight excluding hydrogens is 420 g/mol. The molecule has 0 fully saturated rings. The number of fused-ring (bicyclic) bond motifs is 1. The van der Waals surface area contributed by atoms with E-state index in [4.69, 9.17) is 4.74 Å². The van der Waals surface area contributed by atoms with E-state index in [1.54, 1.807) is 25.3 Å². The van der Waals surface area contributed by atoms with Crippen LogP contribution < -0.4 is 20.9 Å². The Morgan fingerprint density at radius 3 is 2.45 bits per heavy atom. The maximum Gasteiger partial charge on any atom is 0.273 e. The van der Waals surface area contributed by atoms with Gasteiger partial charge in [-0.15, -0.1) is 0 Å². The number of methoxy groups -OCH3 is 1. The zero-order valence-electron chi connectivity index (χ0n) is 19.3. The van der Waals surface area contributed by atoms with E-state index < -0.39 is 0 Å². The Bertz CT molecular complexity index is 1170. The van der Waals surface area contributed by atoms with Crippen LogP contribution in [0.4, 0.5) is 0 Å². The minimum atomic E-state index is -0.357. The summed E-state index contributed by atoms with van der Waals surface area (Å²) in [4.78, 5) is 42.3. The van der Waals surface area contributed by atoms with Crippen LogP contribution in [0.2, 0.25) is 0 Å². The van der Waals surface area contributed by atoms with Crippen LogP contribution in [0.15, 0.2) is 53.3 Å². The molecule has 3 aromatic rings. The van der Waals surface area contributed by atoms with Crippen molar-refractivity contribution in [1.82, 2.24) is 20.2 Å². The highest BCUT2D eigenvalue weighted by atomic mass is 16.5. The maximum atomic E-state index is 13.1. The Labute approximate surface area is 193 Å². The van der Waals surface area contributed by atoms with Gasteiger partial charge in [0.2, 0.25) is 11.8 Å². The molecule has 0 saturated heterocycles. The number of para-hydroxylation sites is 2. The third-order valence-electron chi connectivity index (χ3n) is 5.17. The lowest BCUT2D eigenvalue weighted by atomic mass is 10.2. The normalized spacial score (nSPS) is 10.9. The first kappa shape index (κ1) is 24.0. The molecule has 0 aliphatic heterocycles. The Morgan fingerprint density at radius 2 is 1.76 bits per heavy atom. The summed E-state index contributed by atoms with van der Waals surface area (Å²) >= 11 is 0. The SMILES string of the molecule is COc1ccc(CNC(=O)Cn2c(=O)c(CCC(=O)NCC(C)C)nc3ccccc32)cc1. The zero-order chi connectivity index (χ0) is 23.8. The summed E-state index contributed by atoms with van der Waals surface area (Å²) in [5.41, 5.74) is 2.03. The second kappa shape index (κ2) is 11.3. The van der Waals surface area contributed by atoms with Crippen molar-refractivity contribution >= 4 is 22.8 Å². The Kier molecular flexibility index (Phi) is 8.18. The van der Waals surface area contributed by atoms with Crippen molar-refractivity contribution in [3.8, 4) is 5.75 Å². The monoisotopic (exact) mass is 450 g/mol. The number of amides is 2. The van der Waals surface area contributed by atoms with Crippen molar-refractivity contribution in [2.24, 2.45) is 5.92 Å². The summed E-state index contributed by atoms with van der Waals surface area (Å²) < 4.78 is 6.56. The van der Waals surface area contributed by atoms with Gasteiger partial charge in [-0.1, -0.05) is 38.1 Å². The summed E-state index contributed by atoms with van der Waals surface area (Å²) in [7, 11) is 1.60. The molecule has 0 saturated carbocycles. The van der Waals surface area contributed by atoms with E-state index in [0.29, 0.717) is 30.0 Å². The van der Waals surface area contributed by atoms with Crippen LogP contribution in [0.5, 0.6) is 5.75 Å². The topological polar surface area (TPSA) is 102 Å². The number of carbonyl (C=O) groups excluding carboxylic acids is 2. The quantitative estimate of drug-likeness (QED) is 0.494. The minimum Gasteiger partial charge on any atom is -0.497 e. The number of aromatic nitrogens is 2. The molecule has 1 heterocycles. The van der Waals surface area contributed by atoms with Gasteiger partial charge in [-0.05, 0) is 35.7 Å². The van der Waals surface area contributed by atoms with Crippen molar-refractivity contribution < 1.29 is 14.3 Å². The van der Waals surface area contributed by atoms with Crippen LogP contribution in [0.25, 0.3) is 11.0 Å². The molecule has 33 heavy (non-hydrogen) atoms. The number of ether oxygens (including phenoxy) is 1. The lowest BCUT2D eigenvalue weighted by molar-refractivity contribution is -0.122. The fraction of sp³-hybridized carbons (Fsp3) is 0.360. The molecule has 2 N–H and O–H groups in total. The Hall–Kier alpha value is -3.68. The van der Waals surface area contributed by atoms with Crippen LogP contribution in [0.3, 0.4) is 0 Å². The van der Waals surface area contributed by atoms with Crippen molar-refractivity contribution in [3.05, 3.63) is 70.1 Å². The number of hydrogen-bond donors (Lipinski definition) is 2. The molecular formula is C25H30N4O4. The third kappa shape index (κ3) is 6.65. The fourth-order valence-electron chi connectivity index (χ4n) is 3.35. The van der Waals surface area contributed by atoms with Crippen LogP contribution in [-0.4, -0.2) is 35.0 Å². The number of aryl methyl sites for hydroxylation is 1. The molecule has 2 aromatic carbocycles. The summed E-state index contributed by atoms with van der Waals surface area (Å²) in [5, 5.41) is 5.70. The molecule has 8 nitrogen and oxygen atoms in total. The van der Waals surface area contributed by atoms with E-state index in [1.165, 1.54) is 4.57 Å². The van der Waals surface area contributed by atoms with Gasteiger partial charge in [0.05, 0.1) is 18.1 Å². The van der Waals surface area contributed by atoms with Crippen molar-refractivity contribution in [2.45, 2.75) is 39.8 Å². The fourth-order valence-corrected chi connectivity index (χ4v) is 3.35.